The number of anilines is 1. The number of hydrogen-bond donors (Lipinski definition) is 1. The summed E-state index contributed by atoms with van der Waals surface area (Å²) in [5.74, 6) is -2.14. The van der Waals surface area contributed by atoms with Gasteiger partial charge in [-0.05, 0) is 46.6 Å². The van der Waals surface area contributed by atoms with Gasteiger partial charge in [0.05, 0.1) is 11.3 Å². The summed E-state index contributed by atoms with van der Waals surface area (Å²) in [6.45, 7) is 1.38. The molecule has 0 saturated carbocycles. The van der Waals surface area contributed by atoms with Crippen molar-refractivity contribution in [1.29, 1.82) is 0 Å². The third kappa shape index (κ3) is 3.92. The van der Waals surface area contributed by atoms with E-state index in [0.29, 0.717) is 15.7 Å². The zero-order chi connectivity index (χ0) is 22.1. The summed E-state index contributed by atoms with van der Waals surface area (Å²) in [6.07, 6.45) is 0. The molecule has 1 aliphatic carbocycles. The van der Waals surface area contributed by atoms with Crippen LogP contribution in [0.5, 0.6) is 0 Å². The summed E-state index contributed by atoms with van der Waals surface area (Å²) < 4.78 is 5.83. The fraction of sp³-hybridized carbons (Fsp3) is 0.0833. The van der Waals surface area contributed by atoms with Crippen LogP contribution < -0.4 is 5.32 Å². The van der Waals surface area contributed by atoms with Crippen LogP contribution in [0.25, 0.3) is 0 Å². The highest BCUT2D eigenvalue weighted by Crippen LogP contribution is 2.30. The molecule has 154 valence electrons. The van der Waals surface area contributed by atoms with Gasteiger partial charge in [-0.25, -0.2) is 4.79 Å². The molecule has 0 atom stereocenters. The summed E-state index contributed by atoms with van der Waals surface area (Å²) in [4.78, 5) is 50.7. The first-order valence-electron chi connectivity index (χ1n) is 9.41. The van der Waals surface area contributed by atoms with E-state index in [2.05, 4.69) is 21.2 Å². The molecule has 3 aromatic carbocycles. The summed E-state index contributed by atoms with van der Waals surface area (Å²) >= 11 is 3.37. The number of rotatable bonds is 4. The van der Waals surface area contributed by atoms with Crippen LogP contribution in [0.15, 0.2) is 65.1 Å². The topological polar surface area (TPSA) is 89.5 Å². The zero-order valence-electron chi connectivity index (χ0n) is 16.4. The van der Waals surface area contributed by atoms with Crippen LogP contribution >= 0.6 is 15.9 Å². The Bertz CT molecular complexity index is 1260. The first kappa shape index (κ1) is 20.7. The molecular weight excluding hydrogens is 462 g/mol. The van der Waals surface area contributed by atoms with E-state index in [4.69, 9.17) is 4.74 Å². The summed E-state index contributed by atoms with van der Waals surface area (Å²) in [7, 11) is 0. The number of hydrogen-bond acceptors (Lipinski definition) is 5. The molecule has 1 aliphatic rings. The number of aryl methyl sites for hydroxylation is 1. The molecule has 1 N–H and O–H groups in total. The maximum absolute atomic E-state index is 13.0. The van der Waals surface area contributed by atoms with Gasteiger partial charge in [0.1, 0.15) is 0 Å². The van der Waals surface area contributed by atoms with Crippen molar-refractivity contribution in [2.24, 2.45) is 0 Å². The lowest BCUT2D eigenvalue weighted by molar-refractivity contribution is -0.119. The lowest BCUT2D eigenvalue weighted by atomic mass is 9.82. The van der Waals surface area contributed by atoms with E-state index in [0.717, 1.165) is 5.56 Å². The van der Waals surface area contributed by atoms with Crippen molar-refractivity contribution in [1.82, 2.24) is 0 Å². The van der Waals surface area contributed by atoms with Gasteiger partial charge in [-0.15, -0.1) is 0 Å². The Balaban J connectivity index is 1.53. The molecule has 0 fully saturated rings. The highest BCUT2D eigenvalue weighted by molar-refractivity contribution is 9.10. The number of ether oxygens (including phenoxy) is 1. The van der Waals surface area contributed by atoms with Gasteiger partial charge in [0.2, 0.25) is 0 Å². The zero-order valence-corrected chi connectivity index (χ0v) is 18.0. The molecule has 0 unspecified atom stereocenters. The Morgan fingerprint density at radius 1 is 0.903 bits per heavy atom. The van der Waals surface area contributed by atoms with Crippen molar-refractivity contribution >= 4 is 45.1 Å². The van der Waals surface area contributed by atoms with Crippen molar-refractivity contribution in [3.05, 3.63) is 98.5 Å². The van der Waals surface area contributed by atoms with E-state index >= 15 is 0 Å². The van der Waals surface area contributed by atoms with E-state index in [-0.39, 0.29) is 28.0 Å². The highest BCUT2D eigenvalue weighted by atomic mass is 79.9. The molecule has 7 heteroatoms. The van der Waals surface area contributed by atoms with Crippen molar-refractivity contribution in [2.45, 2.75) is 6.92 Å². The van der Waals surface area contributed by atoms with E-state index in [1.807, 2.05) is 19.1 Å². The van der Waals surface area contributed by atoms with Crippen LogP contribution in [0.4, 0.5) is 5.69 Å². The van der Waals surface area contributed by atoms with Crippen LogP contribution in [0.1, 0.15) is 47.8 Å². The molecule has 0 heterocycles. The summed E-state index contributed by atoms with van der Waals surface area (Å²) in [6, 6.07) is 16.3. The molecule has 0 aromatic heterocycles. The normalized spacial score (nSPS) is 12.1. The Morgan fingerprint density at radius 2 is 1.58 bits per heavy atom. The number of halogens is 1. The van der Waals surface area contributed by atoms with Gasteiger partial charge in [0, 0.05) is 26.7 Å². The second kappa shape index (κ2) is 8.28. The summed E-state index contributed by atoms with van der Waals surface area (Å²) in [5, 5.41) is 2.65. The first-order valence-corrected chi connectivity index (χ1v) is 10.2. The number of carbonyl (C=O) groups is 4. The second-order valence-corrected chi connectivity index (χ2v) is 7.89. The molecule has 0 aliphatic heterocycles. The van der Waals surface area contributed by atoms with Crippen LogP contribution in [0, 0.1) is 6.92 Å². The minimum Gasteiger partial charge on any atom is -0.452 e. The van der Waals surface area contributed by atoms with Crippen LogP contribution in [0.2, 0.25) is 0 Å². The van der Waals surface area contributed by atoms with Gasteiger partial charge in [0.15, 0.2) is 18.2 Å². The number of amides is 1. The van der Waals surface area contributed by atoms with E-state index < -0.39 is 24.3 Å². The maximum atomic E-state index is 13.0. The van der Waals surface area contributed by atoms with Crippen molar-refractivity contribution in [3.8, 4) is 0 Å². The average molecular weight is 478 g/mol. The van der Waals surface area contributed by atoms with Gasteiger partial charge in [0.25, 0.3) is 5.91 Å². The molecule has 0 radical (unpaired) electrons. The van der Waals surface area contributed by atoms with Crippen LogP contribution in [0.3, 0.4) is 0 Å². The van der Waals surface area contributed by atoms with Crippen LogP contribution in [-0.2, 0) is 9.53 Å². The van der Waals surface area contributed by atoms with Gasteiger partial charge >= 0.3 is 5.97 Å². The average Bonchev–Trinajstić information content (AvgIpc) is 2.77. The molecule has 1 amide bonds. The van der Waals surface area contributed by atoms with Gasteiger partial charge in [-0.1, -0.05) is 42.5 Å². The van der Waals surface area contributed by atoms with E-state index in [9.17, 15) is 19.2 Å². The van der Waals surface area contributed by atoms with Gasteiger partial charge < -0.3 is 10.1 Å². The largest absolute Gasteiger partial charge is 0.452 e. The fourth-order valence-corrected chi connectivity index (χ4v) is 4.02. The predicted octanol–water partition coefficient (Wildman–Crippen LogP) is 4.33. The molecule has 31 heavy (non-hydrogen) atoms. The smallest absolute Gasteiger partial charge is 0.339 e. The fourth-order valence-electron chi connectivity index (χ4n) is 3.43. The summed E-state index contributed by atoms with van der Waals surface area (Å²) in [5.41, 5.74) is 2.20. The minimum absolute atomic E-state index is 0.00196. The number of ketones is 2. The first-order chi connectivity index (χ1) is 14.9. The Labute approximate surface area is 186 Å². The highest BCUT2D eigenvalue weighted by Gasteiger charge is 2.33. The molecule has 6 nitrogen and oxygen atoms in total. The SMILES string of the molecule is Cc1ccc(NC(=O)COC(=O)c2cccc3c2C(=O)c2ccccc2C3=O)c(Br)c1. The van der Waals surface area contributed by atoms with Crippen LogP contribution in [-0.4, -0.2) is 30.0 Å². The monoisotopic (exact) mass is 477 g/mol. The number of benzene rings is 3. The van der Waals surface area contributed by atoms with Gasteiger partial charge in [-0.3, -0.25) is 14.4 Å². The third-order valence-electron chi connectivity index (χ3n) is 4.91. The number of nitrogens with one attached hydrogen (secondary N) is 1. The maximum Gasteiger partial charge on any atom is 0.339 e. The quantitative estimate of drug-likeness (QED) is 0.441. The number of fused-ring (bicyclic) bond motifs is 2. The molecular formula is C24H16BrNO5. The molecule has 0 saturated heterocycles. The Morgan fingerprint density at radius 3 is 2.29 bits per heavy atom. The minimum atomic E-state index is -0.851. The Kier molecular flexibility index (Phi) is 5.52. The predicted molar refractivity (Wildman–Crippen MR) is 118 cm³/mol. The Hall–Kier alpha value is -3.58. The lowest BCUT2D eigenvalue weighted by Crippen LogP contribution is -2.26. The molecule has 0 bridgehead atoms. The molecule has 3 aromatic rings. The molecule has 0 spiro atoms. The van der Waals surface area contributed by atoms with Crippen molar-refractivity contribution in [2.75, 3.05) is 11.9 Å². The standard InChI is InChI=1S/C24H16BrNO5/c1-13-9-10-19(18(25)11-13)26-20(27)12-31-24(30)17-8-4-7-16-21(17)23(29)15-6-3-2-5-14(15)22(16)28/h2-11H,12H2,1H3,(H,26,27). The van der Waals surface area contributed by atoms with E-state index in [1.165, 1.54) is 18.2 Å². The van der Waals surface area contributed by atoms with Crippen molar-refractivity contribution in [3.63, 3.8) is 0 Å². The number of esters is 1. The van der Waals surface area contributed by atoms with Crippen molar-refractivity contribution < 1.29 is 23.9 Å². The third-order valence-corrected chi connectivity index (χ3v) is 5.56. The lowest BCUT2D eigenvalue weighted by Gasteiger charge is -2.19. The van der Waals surface area contributed by atoms with Gasteiger partial charge in [-0.2, -0.15) is 0 Å². The number of carbonyl (C=O) groups excluding carboxylic acids is 4. The second-order valence-electron chi connectivity index (χ2n) is 7.04. The molecule has 4 rings (SSSR count). The van der Waals surface area contributed by atoms with E-state index in [1.54, 1.807) is 30.3 Å².